The Morgan fingerprint density at radius 3 is 2.82 bits per heavy atom. The van der Waals surface area contributed by atoms with Gasteiger partial charge < -0.3 is 9.47 Å². The summed E-state index contributed by atoms with van der Waals surface area (Å²) in [5.41, 5.74) is 0.712. The first-order valence-electron chi connectivity index (χ1n) is 5.42. The number of amides is 1. The van der Waals surface area contributed by atoms with E-state index in [0.29, 0.717) is 5.69 Å². The molecule has 2 rings (SSSR count). The number of carbonyl (C=O) groups is 2. The third-order valence-electron chi connectivity index (χ3n) is 2.43. The SMILES string of the molecule is CCOC(=O)C1CN(c2ccccc2)C(=O)O1. The number of carbonyl (C=O) groups excluding carboxylic acids is 2. The molecule has 17 heavy (non-hydrogen) atoms. The summed E-state index contributed by atoms with van der Waals surface area (Å²) < 4.78 is 9.77. The Morgan fingerprint density at radius 1 is 1.47 bits per heavy atom. The van der Waals surface area contributed by atoms with Gasteiger partial charge in [-0.15, -0.1) is 0 Å². The molecule has 1 aliphatic heterocycles. The number of cyclic esters (lactones) is 1. The lowest BCUT2D eigenvalue weighted by molar-refractivity contribution is -0.151. The van der Waals surface area contributed by atoms with Crippen LogP contribution in [0.2, 0.25) is 0 Å². The van der Waals surface area contributed by atoms with Crippen LogP contribution in [0, 0.1) is 0 Å². The van der Waals surface area contributed by atoms with Gasteiger partial charge in [-0.05, 0) is 19.1 Å². The van der Waals surface area contributed by atoms with Crippen LogP contribution in [0.25, 0.3) is 0 Å². The van der Waals surface area contributed by atoms with Crippen LogP contribution in [0.1, 0.15) is 6.92 Å². The summed E-state index contributed by atoms with van der Waals surface area (Å²) in [4.78, 5) is 24.4. The molecule has 0 radical (unpaired) electrons. The average molecular weight is 235 g/mol. The van der Waals surface area contributed by atoms with Crippen LogP contribution < -0.4 is 4.90 Å². The van der Waals surface area contributed by atoms with Crippen molar-refractivity contribution in [3.05, 3.63) is 30.3 Å². The third-order valence-corrected chi connectivity index (χ3v) is 2.43. The van der Waals surface area contributed by atoms with Gasteiger partial charge >= 0.3 is 12.1 Å². The molecule has 0 saturated carbocycles. The maximum Gasteiger partial charge on any atom is 0.415 e. The number of ether oxygens (including phenoxy) is 2. The molecule has 1 atom stereocenters. The largest absolute Gasteiger partial charge is 0.463 e. The first kappa shape index (κ1) is 11.4. The first-order chi connectivity index (χ1) is 8.22. The van der Waals surface area contributed by atoms with Crippen molar-refractivity contribution in [1.29, 1.82) is 0 Å². The lowest BCUT2D eigenvalue weighted by Gasteiger charge is -2.11. The highest BCUT2D eigenvalue weighted by atomic mass is 16.6. The van der Waals surface area contributed by atoms with E-state index in [1.54, 1.807) is 19.1 Å². The maximum atomic E-state index is 11.6. The smallest absolute Gasteiger partial charge is 0.415 e. The Bertz CT molecular complexity index is 418. The topological polar surface area (TPSA) is 55.8 Å². The molecule has 1 amide bonds. The number of hydrogen-bond acceptors (Lipinski definition) is 4. The van der Waals surface area contributed by atoms with Crippen LogP contribution in [0.3, 0.4) is 0 Å². The highest BCUT2D eigenvalue weighted by Gasteiger charge is 2.37. The second-order valence-corrected chi connectivity index (χ2v) is 3.57. The minimum atomic E-state index is -0.831. The predicted molar refractivity (Wildman–Crippen MR) is 60.7 cm³/mol. The summed E-state index contributed by atoms with van der Waals surface area (Å²) in [6.45, 7) is 2.18. The van der Waals surface area contributed by atoms with Crippen molar-refractivity contribution in [3.8, 4) is 0 Å². The van der Waals surface area contributed by atoms with E-state index in [4.69, 9.17) is 9.47 Å². The minimum absolute atomic E-state index is 0.196. The Kier molecular flexibility index (Phi) is 3.27. The van der Waals surface area contributed by atoms with Gasteiger partial charge in [0.25, 0.3) is 0 Å². The Morgan fingerprint density at radius 2 is 2.18 bits per heavy atom. The van der Waals surface area contributed by atoms with E-state index in [0.717, 1.165) is 0 Å². The van der Waals surface area contributed by atoms with Gasteiger partial charge in [-0.2, -0.15) is 0 Å². The van der Waals surface area contributed by atoms with Crippen LogP contribution in [0.4, 0.5) is 10.5 Å². The van der Waals surface area contributed by atoms with Gasteiger partial charge in [0.05, 0.1) is 13.2 Å². The number of esters is 1. The highest BCUT2D eigenvalue weighted by molar-refractivity contribution is 5.94. The predicted octanol–water partition coefficient (Wildman–Crippen LogP) is 1.57. The van der Waals surface area contributed by atoms with Crippen LogP contribution >= 0.6 is 0 Å². The van der Waals surface area contributed by atoms with E-state index < -0.39 is 18.2 Å². The Hall–Kier alpha value is -2.04. The van der Waals surface area contributed by atoms with E-state index in [1.807, 2.05) is 18.2 Å². The number of para-hydroxylation sites is 1. The second-order valence-electron chi connectivity index (χ2n) is 3.57. The van der Waals surface area contributed by atoms with Gasteiger partial charge in [0.2, 0.25) is 6.10 Å². The fraction of sp³-hybridized carbons (Fsp3) is 0.333. The summed E-state index contributed by atoms with van der Waals surface area (Å²) in [5.74, 6) is -0.501. The molecule has 0 spiro atoms. The molecule has 90 valence electrons. The monoisotopic (exact) mass is 235 g/mol. The van der Waals surface area contributed by atoms with E-state index in [-0.39, 0.29) is 13.2 Å². The molecule has 0 aromatic heterocycles. The van der Waals surface area contributed by atoms with Crippen LogP contribution in [0.15, 0.2) is 30.3 Å². The summed E-state index contributed by atoms with van der Waals surface area (Å²) in [6.07, 6.45) is -1.35. The molecule has 0 N–H and O–H groups in total. The van der Waals surface area contributed by atoms with E-state index in [1.165, 1.54) is 4.90 Å². The molecular formula is C12H13NO4. The van der Waals surface area contributed by atoms with E-state index in [2.05, 4.69) is 0 Å². The van der Waals surface area contributed by atoms with Gasteiger partial charge in [0.15, 0.2) is 0 Å². The summed E-state index contributed by atoms with van der Waals surface area (Å²) in [7, 11) is 0. The quantitative estimate of drug-likeness (QED) is 0.746. The lowest BCUT2D eigenvalue weighted by atomic mass is 10.3. The highest BCUT2D eigenvalue weighted by Crippen LogP contribution is 2.21. The van der Waals surface area contributed by atoms with Crippen molar-refractivity contribution in [3.63, 3.8) is 0 Å². The van der Waals surface area contributed by atoms with Crippen molar-refractivity contribution in [1.82, 2.24) is 0 Å². The van der Waals surface area contributed by atoms with Crippen LogP contribution in [-0.2, 0) is 14.3 Å². The number of benzene rings is 1. The molecule has 1 saturated heterocycles. The summed E-state index contributed by atoms with van der Waals surface area (Å²) >= 11 is 0. The zero-order chi connectivity index (χ0) is 12.3. The molecule has 5 heteroatoms. The number of rotatable bonds is 3. The van der Waals surface area contributed by atoms with Gasteiger partial charge in [-0.3, -0.25) is 4.90 Å². The number of hydrogen-bond donors (Lipinski definition) is 0. The van der Waals surface area contributed by atoms with Crippen molar-refractivity contribution < 1.29 is 19.1 Å². The molecule has 1 aliphatic rings. The van der Waals surface area contributed by atoms with Crippen molar-refractivity contribution in [2.45, 2.75) is 13.0 Å². The molecule has 1 fully saturated rings. The molecule has 1 aromatic carbocycles. The van der Waals surface area contributed by atoms with Gasteiger partial charge in [0, 0.05) is 5.69 Å². The minimum Gasteiger partial charge on any atom is -0.463 e. The van der Waals surface area contributed by atoms with Gasteiger partial charge in [0.1, 0.15) is 0 Å². The maximum absolute atomic E-state index is 11.6. The first-order valence-corrected chi connectivity index (χ1v) is 5.42. The summed E-state index contributed by atoms with van der Waals surface area (Å²) in [6, 6.07) is 9.07. The molecule has 5 nitrogen and oxygen atoms in total. The zero-order valence-corrected chi connectivity index (χ0v) is 9.46. The molecule has 1 unspecified atom stereocenters. The average Bonchev–Trinajstić information content (AvgIpc) is 2.73. The van der Waals surface area contributed by atoms with Crippen molar-refractivity contribution in [2.75, 3.05) is 18.1 Å². The fourth-order valence-electron chi connectivity index (χ4n) is 1.64. The number of nitrogens with zero attached hydrogens (tertiary/aromatic N) is 1. The third kappa shape index (κ3) is 2.38. The van der Waals surface area contributed by atoms with Crippen LogP contribution in [0.5, 0.6) is 0 Å². The van der Waals surface area contributed by atoms with Crippen molar-refractivity contribution >= 4 is 17.7 Å². The molecular weight excluding hydrogens is 222 g/mol. The Balaban J connectivity index is 2.08. The Labute approximate surface area is 98.9 Å². The lowest BCUT2D eigenvalue weighted by Crippen LogP contribution is -2.29. The van der Waals surface area contributed by atoms with Crippen LogP contribution in [-0.4, -0.2) is 31.3 Å². The standard InChI is InChI=1S/C12H13NO4/c1-2-16-11(14)10-8-13(12(15)17-10)9-6-4-3-5-7-9/h3-7,10H,2,8H2,1H3. The second kappa shape index (κ2) is 4.86. The molecule has 1 aromatic rings. The van der Waals surface area contributed by atoms with Crippen molar-refractivity contribution in [2.24, 2.45) is 0 Å². The van der Waals surface area contributed by atoms with E-state index in [9.17, 15) is 9.59 Å². The van der Waals surface area contributed by atoms with Gasteiger partial charge in [-0.25, -0.2) is 9.59 Å². The molecule has 0 bridgehead atoms. The summed E-state index contributed by atoms with van der Waals surface area (Å²) in [5, 5.41) is 0. The fourth-order valence-corrected chi connectivity index (χ4v) is 1.64. The molecule has 0 aliphatic carbocycles. The number of anilines is 1. The zero-order valence-electron chi connectivity index (χ0n) is 9.46. The van der Waals surface area contributed by atoms with E-state index >= 15 is 0 Å². The normalized spacial score (nSPS) is 19.0. The van der Waals surface area contributed by atoms with Gasteiger partial charge in [-0.1, -0.05) is 18.2 Å². The molecule has 1 heterocycles.